The Bertz CT molecular complexity index is 184. The van der Waals surface area contributed by atoms with E-state index in [1.807, 2.05) is 0 Å². The van der Waals surface area contributed by atoms with Crippen molar-refractivity contribution in [3.05, 3.63) is 16.6 Å². The molecule has 0 aliphatic heterocycles. The molecule has 1 heterocycles. The van der Waals surface area contributed by atoms with Crippen molar-refractivity contribution >= 4 is 28.2 Å². The van der Waals surface area contributed by atoms with Crippen molar-refractivity contribution in [3.8, 4) is 0 Å². The van der Waals surface area contributed by atoms with Gasteiger partial charge in [-0.1, -0.05) is 0 Å². The Morgan fingerprint density at radius 3 is 2.88 bits per heavy atom. The highest BCUT2D eigenvalue weighted by atomic mass is 35.5. The fraction of sp³-hybridized carbons (Fsp3) is 0. The lowest BCUT2D eigenvalue weighted by atomic mass is 10.6. The minimum Gasteiger partial charge on any atom is -0.274 e. The predicted molar refractivity (Wildman–Crippen MR) is 32.3 cm³/mol. The Morgan fingerprint density at radius 1 is 1.88 bits per heavy atom. The molecule has 0 spiro atoms. The van der Waals surface area contributed by atoms with Crippen LogP contribution >= 0.6 is 22.9 Å². The zero-order chi connectivity index (χ0) is 5.98. The van der Waals surface area contributed by atoms with Gasteiger partial charge >= 0.3 is 0 Å². The predicted octanol–water partition coefficient (Wildman–Crippen LogP) is 1.52. The van der Waals surface area contributed by atoms with Crippen LogP contribution in [0.25, 0.3) is 0 Å². The normalized spacial score (nSPS) is 9.12. The van der Waals surface area contributed by atoms with E-state index >= 15 is 0 Å². The van der Waals surface area contributed by atoms with E-state index in [0.29, 0.717) is 5.69 Å². The van der Waals surface area contributed by atoms with E-state index in [0.717, 1.165) is 0 Å². The summed E-state index contributed by atoms with van der Waals surface area (Å²) in [5.74, 6) is 0. The summed E-state index contributed by atoms with van der Waals surface area (Å²) >= 11 is 6.40. The maximum Gasteiger partial charge on any atom is 0.271 e. The molecule has 4 heteroatoms. The van der Waals surface area contributed by atoms with Gasteiger partial charge in [0.1, 0.15) is 5.69 Å². The first-order valence-corrected chi connectivity index (χ1v) is 3.21. The number of thiazole rings is 1. The summed E-state index contributed by atoms with van der Waals surface area (Å²) in [7, 11) is 0. The molecular formula is C4H2ClNOS. The van der Waals surface area contributed by atoms with E-state index in [-0.39, 0.29) is 0 Å². The monoisotopic (exact) mass is 147 g/mol. The Labute approximate surface area is 55.1 Å². The lowest BCUT2D eigenvalue weighted by molar-refractivity contribution is 0.107. The van der Waals surface area contributed by atoms with Crippen molar-refractivity contribution in [1.82, 2.24) is 4.98 Å². The molecule has 0 fully saturated rings. The van der Waals surface area contributed by atoms with Gasteiger partial charge in [-0.2, -0.15) is 0 Å². The lowest BCUT2D eigenvalue weighted by Crippen LogP contribution is -1.85. The SMILES string of the molecule is O=C(Cl)c1cscn1. The van der Waals surface area contributed by atoms with Crippen molar-refractivity contribution in [2.75, 3.05) is 0 Å². The molecule has 0 atom stereocenters. The van der Waals surface area contributed by atoms with Crippen LogP contribution in [0.15, 0.2) is 10.9 Å². The quantitative estimate of drug-likeness (QED) is 0.564. The summed E-state index contributed by atoms with van der Waals surface area (Å²) in [6.45, 7) is 0. The third-order valence-electron chi connectivity index (χ3n) is 0.634. The highest BCUT2D eigenvalue weighted by Gasteiger charge is 2.00. The molecule has 0 saturated heterocycles. The molecule has 0 unspecified atom stereocenters. The van der Waals surface area contributed by atoms with Crippen molar-refractivity contribution in [1.29, 1.82) is 0 Å². The second-order valence-electron chi connectivity index (χ2n) is 1.15. The van der Waals surface area contributed by atoms with Gasteiger partial charge in [-0.25, -0.2) is 4.98 Å². The summed E-state index contributed by atoms with van der Waals surface area (Å²) in [5, 5.41) is 1.11. The number of carbonyl (C=O) groups excluding carboxylic acids is 1. The summed E-state index contributed by atoms with van der Waals surface area (Å²) < 4.78 is 0. The Hall–Kier alpha value is -0.410. The number of nitrogens with zero attached hydrogens (tertiary/aromatic N) is 1. The van der Waals surface area contributed by atoms with E-state index in [9.17, 15) is 4.79 Å². The van der Waals surface area contributed by atoms with Gasteiger partial charge in [0.2, 0.25) is 0 Å². The molecule has 8 heavy (non-hydrogen) atoms. The molecule has 1 aromatic rings. The molecule has 0 N–H and O–H groups in total. The molecule has 0 saturated carbocycles. The van der Waals surface area contributed by atoms with Crippen LogP contribution in [0.2, 0.25) is 0 Å². The zero-order valence-corrected chi connectivity index (χ0v) is 5.37. The smallest absolute Gasteiger partial charge is 0.271 e. The first kappa shape index (κ1) is 5.72. The standard InChI is InChI=1S/C4H2ClNOS/c5-4(7)3-1-8-2-6-3/h1-2H. The van der Waals surface area contributed by atoms with E-state index in [4.69, 9.17) is 11.6 Å². The third kappa shape index (κ3) is 1.05. The summed E-state index contributed by atoms with van der Waals surface area (Å²) in [6, 6.07) is 0. The van der Waals surface area contributed by atoms with E-state index in [1.54, 1.807) is 10.9 Å². The Morgan fingerprint density at radius 2 is 2.62 bits per heavy atom. The van der Waals surface area contributed by atoms with Gasteiger partial charge < -0.3 is 0 Å². The second-order valence-corrected chi connectivity index (χ2v) is 2.21. The van der Waals surface area contributed by atoms with Gasteiger partial charge in [0.15, 0.2) is 0 Å². The third-order valence-corrected chi connectivity index (χ3v) is 1.41. The van der Waals surface area contributed by atoms with Gasteiger partial charge in [0, 0.05) is 5.38 Å². The summed E-state index contributed by atoms with van der Waals surface area (Å²) in [4.78, 5) is 13.9. The number of hydrogen-bond donors (Lipinski definition) is 0. The maximum absolute atomic E-state index is 10.2. The molecule has 1 rings (SSSR count). The molecule has 0 amide bonds. The molecule has 0 radical (unpaired) electrons. The first-order valence-electron chi connectivity index (χ1n) is 1.88. The first-order chi connectivity index (χ1) is 3.80. The molecule has 1 aromatic heterocycles. The Kier molecular flexibility index (Phi) is 1.60. The van der Waals surface area contributed by atoms with Crippen molar-refractivity contribution < 1.29 is 4.79 Å². The average Bonchev–Trinajstić information content (AvgIpc) is 2.12. The topological polar surface area (TPSA) is 30.0 Å². The van der Waals surface area contributed by atoms with E-state index in [1.165, 1.54) is 11.3 Å². The molecular weight excluding hydrogens is 146 g/mol. The number of rotatable bonds is 1. The van der Waals surface area contributed by atoms with Crippen molar-refractivity contribution in [2.45, 2.75) is 0 Å². The van der Waals surface area contributed by atoms with Crippen LogP contribution in [-0.4, -0.2) is 10.2 Å². The van der Waals surface area contributed by atoms with Crippen LogP contribution in [0.5, 0.6) is 0 Å². The number of carbonyl (C=O) groups is 1. The Balaban J connectivity index is 2.93. The second kappa shape index (κ2) is 2.24. The fourth-order valence-electron chi connectivity index (χ4n) is 0.310. The van der Waals surface area contributed by atoms with Gasteiger partial charge in [0.05, 0.1) is 5.51 Å². The minimum absolute atomic E-state index is 0.330. The van der Waals surface area contributed by atoms with Crippen molar-refractivity contribution in [3.63, 3.8) is 0 Å². The van der Waals surface area contributed by atoms with Crippen LogP contribution in [0, 0.1) is 0 Å². The summed E-state index contributed by atoms with van der Waals surface area (Å²) in [6.07, 6.45) is 0. The number of hydrogen-bond acceptors (Lipinski definition) is 3. The molecule has 2 nitrogen and oxygen atoms in total. The molecule has 0 aromatic carbocycles. The number of aromatic nitrogens is 1. The molecule has 0 aliphatic rings. The van der Waals surface area contributed by atoms with Crippen LogP contribution in [0.1, 0.15) is 10.5 Å². The van der Waals surface area contributed by atoms with Crippen LogP contribution in [0.4, 0.5) is 0 Å². The van der Waals surface area contributed by atoms with Crippen LogP contribution < -0.4 is 0 Å². The largest absolute Gasteiger partial charge is 0.274 e. The highest BCUT2D eigenvalue weighted by Crippen LogP contribution is 2.02. The van der Waals surface area contributed by atoms with E-state index < -0.39 is 5.24 Å². The summed E-state index contributed by atoms with van der Waals surface area (Å²) in [5.41, 5.74) is 1.90. The fourth-order valence-corrected chi connectivity index (χ4v) is 1.01. The van der Waals surface area contributed by atoms with E-state index in [2.05, 4.69) is 4.98 Å². The maximum atomic E-state index is 10.2. The van der Waals surface area contributed by atoms with Gasteiger partial charge in [-0.3, -0.25) is 4.79 Å². The van der Waals surface area contributed by atoms with Gasteiger partial charge in [-0.15, -0.1) is 11.3 Å². The number of halogens is 1. The minimum atomic E-state index is -0.494. The lowest BCUT2D eigenvalue weighted by Gasteiger charge is -1.75. The van der Waals surface area contributed by atoms with Crippen molar-refractivity contribution in [2.24, 2.45) is 0 Å². The average molecular weight is 148 g/mol. The zero-order valence-electron chi connectivity index (χ0n) is 3.80. The highest BCUT2D eigenvalue weighted by molar-refractivity contribution is 7.08. The molecule has 0 aliphatic carbocycles. The van der Waals surface area contributed by atoms with Crippen LogP contribution in [-0.2, 0) is 0 Å². The molecule has 42 valence electrons. The van der Waals surface area contributed by atoms with Crippen LogP contribution in [0.3, 0.4) is 0 Å². The van der Waals surface area contributed by atoms with Gasteiger partial charge in [-0.05, 0) is 11.6 Å². The molecule has 0 bridgehead atoms. The van der Waals surface area contributed by atoms with Gasteiger partial charge in [0.25, 0.3) is 5.24 Å².